The highest BCUT2D eigenvalue weighted by Crippen LogP contribution is 2.24. The van der Waals surface area contributed by atoms with E-state index in [0.717, 1.165) is 0 Å². The molecule has 0 spiro atoms. The van der Waals surface area contributed by atoms with Gasteiger partial charge in [-0.3, -0.25) is 4.79 Å². The van der Waals surface area contributed by atoms with E-state index in [-0.39, 0.29) is 11.9 Å². The van der Waals surface area contributed by atoms with Crippen LogP contribution in [0.4, 0.5) is 0 Å². The van der Waals surface area contributed by atoms with E-state index in [1.165, 1.54) is 6.92 Å². The van der Waals surface area contributed by atoms with E-state index in [9.17, 15) is 9.90 Å². The van der Waals surface area contributed by atoms with Crippen LogP contribution < -0.4 is 0 Å². The highest BCUT2D eigenvalue weighted by atomic mass is 16.6. The minimum absolute atomic E-state index is 0.0851. The smallest absolute Gasteiger partial charge is 0.304 e. The fraction of sp³-hybridized carbons (Fsp3) is 0.333. The number of aromatic hydroxyl groups is 1. The normalized spacial score (nSPS) is 22.8. The van der Waals surface area contributed by atoms with Crippen LogP contribution >= 0.6 is 0 Å². The van der Waals surface area contributed by atoms with Gasteiger partial charge >= 0.3 is 5.97 Å². The molecule has 0 amide bonds. The fourth-order valence-electron chi connectivity index (χ4n) is 1.56. The molecule has 1 aromatic carbocycles. The SMILES string of the molecule is CC(=O)O[C@@H]1N=C(c2ccccc2O)O[C@@H]1C. The molecule has 0 radical (unpaired) electrons. The van der Waals surface area contributed by atoms with Crippen LogP contribution in [-0.4, -0.2) is 29.3 Å². The van der Waals surface area contributed by atoms with Crippen molar-refractivity contribution in [2.75, 3.05) is 0 Å². The number of nitrogens with zero attached hydrogens (tertiary/aromatic N) is 1. The van der Waals surface area contributed by atoms with E-state index in [0.29, 0.717) is 11.5 Å². The van der Waals surface area contributed by atoms with Crippen molar-refractivity contribution in [1.29, 1.82) is 0 Å². The average Bonchev–Trinajstić information content (AvgIpc) is 2.60. The van der Waals surface area contributed by atoms with E-state index in [1.54, 1.807) is 31.2 Å². The minimum Gasteiger partial charge on any atom is -0.507 e. The molecule has 90 valence electrons. The van der Waals surface area contributed by atoms with Gasteiger partial charge in [-0.05, 0) is 19.1 Å². The van der Waals surface area contributed by atoms with Gasteiger partial charge < -0.3 is 14.6 Å². The van der Waals surface area contributed by atoms with Crippen molar-refractivity contribution in [1.82, 2.24) is 0 Å². The van der Waals surface area contributed by atoms with Crippen molar-refractivity contribution in [2.45, 2.75) is 26.2 Å². The molecule has 1 aliphatic rings. The fourth-order valence-corrected chi connectivity index (χ4v) is 1.56. The molecule has 0 saturated carbocycles. The van der Waals surface area contributed by atoms with Crippen LogP contribution in [0.2, 0.25) is 0 Å². The summed E-state index contributed by atoms with van der Waals surface area (Å²) in [5.41, 5.74) is 0.494. The number of aliphatic imine (C=N–C) groups is 1. The number of hydrogen-bond donors (Lipinski definition) is 1. The molecule has 1 aliphatic heterocycles. The van der Waals surface area contributed by atoms with Gasteiger partial charge in [0, 0.05) is 6.92 Å². The lowest BCUT2D eigenvalue weighted by atomic mass is 10.2. The monoisotopic (exact) mass is 235 g/mol. The molecule has 0 saturated heterocycles. The molecule has 0 unspecified atom stereocenters. The summed E-state index contributed by atoms with van der Waals surface area (Å²) in [7, 11) is 0. The van der Waals surface area contributed by atoms with E-state index < -0.39 is 12.2 Å². The maximum atomic E-state index is 10.9. The van der Waals surface area contributed by atoms with Crippen molar-refractivity contribution < 1.29 is 19.4 Å². The summed E-state index contributed by atoms with van der Waals surface area (Å²) >= 11 is 0. The number of para-hydroxylation sites is 1. The van der Waals surface area contributed by atoms with Gasteiger partial charge in [-0.25, -0.2) is 4.99 Å². The van der Waals surface area contributed by atoms with Gasteiger partial charge in [0.15, 0.2) is 6.10 Å². The lowest BCUT2D eigenvalue weighted by Gasteiger charge is -2.11. The van der Waals surface area contributed by atoms with Crippen LogP contribution in [0.5, 0.6) is 5.75 Å². The number of hydrogen-bond acceptors (Lipinski definition) is 5. The van der Waals surface area contributed by atoms with E-state index >= 15 is 0 Å². The second kappa shape index (κ2) is 4.45. The zero-order chi connectivity index (χ0) is 12.4. The van der Waals surface area contributed by atoms with Gasteiger partial charge in [-0.2, -0.15) is 0 Å². The van der Waals surface area contributed by atoms with Crippen LogP contribution in [0.3, 0.4) is 0 Å². The number of esters is 1. The second-order valence-electron chi connectivity index (χ2n) is 3.77. The molecule has 17 heavy (non-hydrogen) atoms. The number of rotatable bonds is 2. The van der Waals surface area contributed by atoms with Crippen molar-refractivity contribution in [3.63, 3.8) is 0 Å². The third-order valence-corrected chi connectivity index (χ3v) is 2.36. The molecule has 0 aliphatic carbocycles. The largest absolute Gasteiger partial charge is 0.507 e. The summed E-state index contributed by atoms with van der Waals surface area (Å²) in [6.07, 6.45) is -1.00. The molecule has 2 atom stereocenters. The summed E-state index contributed by atoms with van der Waals surface area (Å²) in [4.78, 5) is 15.0. The van der Waals surface area contributed by atoms with Crippen molar-refractivity contribution in [2.24, 2.45) is 4.99 Å². The van der Waals surface area contributed by atoms with Crippen LogP contribution in [0.1, 0.15) is 19.4 Å². The molecule has 5 nitrogen and oxygen atoms in total. The van der Waals surface area contributed by atoms with Gasteiger partial charge in [-0.1, -0.05) is 12.1 Å². The second-order valence-corrected chi connectivity index (χ2v) is 3.77. The zero-order valence-corrected chi connectivity index (χ0v) is 9.58. The van der Waals surface area contributed by atoms with E-state index in [1.807, 2.05) is 0 Å². The Morgan fingerprint density at radius 3 is 2.82 bits per heavy atom. The zero-order valence-electron chi connectivity index (χ0n) is 9.58. The van der Waals surface area contributed by atoms with Crippen LogP contribution in [0, 0.1) is 0 Å². The Hall–Kier alpha value is -2.04. The van der Waals surface area contributed by atoms with Gasteiger partial charge in [-0.15, -0.1) is 0 Å². The molecular formula is C12H13NO4. The summed E-state index contributed by atoms with van der Waals surface area (Å²) in [5.74, 6) is -0.0310. The summed E-state index contributed by atoms with van der Waals surface area (Å²) in [6, 6.07) is 6.72. The molecule has 0 aromatic heterocycles. The van der Waals surface area contributed by atoms with Crippen LogP contribution in [0.15, 0.2) is 29.3 Å². The Morgan fingerprint density at radius 1 is 1.47 bits per heavy atom. The third kappa shape index (κ3) is 2.38. The van der Waals surface area contributed by atoms with Crippen molar-refractivity contribution in [3.8, 4) is 5.75 Å². The minimum atomic E-state index is -0.651. The van der Waals surface area contributed by atoms with Gasteiger partial charge in [0.05, 0.1) is 5.56 Å². The first-order valence-electron chi connectivity index (χ1n) is 5.28. The Labute approximate surface area is 98.7 Å². The maximum absolute atomic E-state index is 10.9. The lowest BCUT2D eigenvalue weighted by molar-refractivity contribution is -0.148. The third-order valence-electron chi connectivity index (χ3n) is 2.36. The maximum Gasteiger partial charge on any atom is 0.304 e. The first kappa shape index (κ1) is 11.4. The first-order valence-corrected chi connectivity index (χ1v) is 5.28. The van der Waals surface area contributed by atoms with Gasteiger partial charge in [0.1, 0.15) is 5.75 Å². The molecule has 1 heterocycles. The predicted octanol–water partition coefficient (Wildman–Crippen LogP) is 1.45. The van der Waals surface area contributed by atoms with Crippen molar-refractivity contribution in [3.05, 3.63) is 29.8 Å². The van der Waals surface area contributed by atoms with E-state index in [4.69, 9.17) is 9.47 Å². The number of carbonyl (C=O) groups is 1. The van der Waals surface area contributed by atoms with Crippen molar-refractivity contribution >= 4 is 11.9 Å². The number of phenolic OH excluding ortho intramolecular Hbond substituents is 1. The predicted molar refractivity (Wildman–Crippen MR) is 60.7 cm³/mol. The Kier molecular flexibility index (Phi) is 2.99. The summed E-state index contributed by atoms with van der Waals surface area (Å²) in [5, 5.41) is 9.66. The molecule has 2 rings (SSSR count). The number of carbonyl (C=O) groups excluding carboxylic acids is 1. The molecule has 5 heteroatoms. The summed E-state index contributed by atoms with van der Waals surface area (Å²) < 4.78 is 10.4. The van der Waals surface area contributed by atoms with E-state index in [2.05, 4.69) is 4.99 Å². The Bertz CT molecular complexity index is 469. The molecule has 1 N–H and O–H groups in total. The quantitative estimate of drug-likeness (QED) is 0.788. The Morgan fingerprint density at radius 2 is 2.18 bits per heavy atom. The Balaban J connectivity index is 2.24. The first-order chi connectivity index (χ1) is 8.08. The van der Waals surface area contributed by atoms with Crippen LogP contribution in [0.25, 0.3) is 0 Å². The molecule has 0 fully saturated rings. The van der Waals surface area contributed by atoms with Gasteiger partial charge in [0.2, 0.25) is 12.1 Å². The highest BCUT2D eigenvalue weighted by Gasteiger charge is 2.31. The number of benzene rings is 1. The molecule has 0 bridgehead atoms. The molecule has 1 aromatic rings. The topological polar surface area (TPSA) is 68.1 Å². The summed E-state index contributed by atoms with van der Waals surface area (Å²) in [6.45, 7) is 3.07. The van der Waals surface area contributed by atoms with Crippen LogP contribution in [-0.2, 0) is 14.3 Å². The average molecular weight is 235 g/mol. The lowest BCUT2D eigenvalue weighted by Crippen LogP contribution is -2.23. The number of phenols is 1. The highest BCUT2D eigenvalue weighted by molar-refractivity contribution is 5.97. The van der Waals surface area contributed by atoms with Gasteiger partial charge in [0.25, 0.3) is 0 Å². The standard InChI is InChI=1S/C12H13NO4/c1-7-11(17-8(2)14)13-12(16-7)9-5-3-4-6-10(9)15/h3-7,11,15H,1-2H3/t7-,11+/m1/s1. The number of ether oxygens (including phenoxy) is 2. The molecular weight excluding hydrogens is 222 g/mol.